The summed E-state index contributed by atoms with van der Waals surface area (Å²) in [5, 5.41) is 13.3. The van der Waals surface area contributed by atoms with Crippen LogP contribution in [0.5, 0.6) is 0 Å². The zero-order chi connectivity index (χ0) is 22.4. The van der Waals surface area contributed by atoms with Crippen LogP contribution < -0.4 is 5.32 Å². The molecular weight excluding hydrogens is 446 g/mol. The maximum atomic E-state index is 12.9. The first-order valence-electron chi connectivity index (χ1n) is 9.26. The number of nitrogens with zero attached hydrogens (tertiary/aromatic N) is 2. The Hall–Kier alpha value is -3.11. The van der Waals surface area contributed by atoms with Gasteiger partial charge in [0.05, 0.1) is 22.1 Å². The van der Waals surface area contributed by atoms with Crippen LogP contribution in [-0.2, 0) is 14.3 Å². The number of benzene rings is 2. The van der Waals surface area contributed by atoms with Gasteiger partial charge in [-0.3, -0.25) is 24.5 Å². The number of halogens is 1. The maximum absolute atomic E-state index is 12.9. The van der Waals surface area contributed by atoms with Crippen LogP contribution in [0.1, 0.15) is 18.1 Å². The third-order valence-electron chi connectivity index (χ3n) is 4.44. The SMILES string of the molecule is O=C(CCN1CCSC1=O)OC(C(=O)Nc1ccc([N+](=O)[O-])cc1Cl)c1ccccc1. The lowest BCUT2D eigenvalue weighted by Gasteiger charge is -2.19. The van der Waals surface area contributed by atoms with Gasteiger partial charge in [-0.2, -0.15) is 0 Å². The highest BCUT2D eigenvalue weighted by Crippen LogP contribution is 2.28. The van der Waals surface area contributed by atoms with Crippen LogP contribution in [-0.4, -0.2) is 45.8 Å². The third kappa shape index (κ3) is 5.96. The lowest BCUT2D eigenvalue weighted by atomic mass is 10.1. The molecule has 2 aromatic rings. The molecule has 1 unspecified atom stereocenters. The van der Waals surface area contributed by atoms with E-state index in [-0.39, 0.29) is 34.6 Å². The van der Waals surface area contributed by atoms with Gasteiger partial charge < -0.3 is 15.0 Å². The summed E-state index contributed by atoms with van der Waals surface area (Å²) in [6, 6.07) is 12.0. The summed E-state index contributed by atoms with van der Waals surface area (Å²) >= 11 is 7.24. The quantitative estimate of drug-likeness (QED) is 0.356. The molecule has 0 aliphatic carbocycles. The Kier molecular flexibility index (Phi) is 7.48. The second-order valence-electron chi connectivity index (χ2n) is 6.54. The van der Waals surface area contributed by atoms with E-state index in [1.54, 1.807) is 35.2 Å². The number of anilines is 1. The molecule has 2 aromatic carbocycles. The number of carbonyl (C=O) groups is 3. The zero-order valence-corrected chi connectivity index (χ0v) is 17.7. The number of amides is 2. The fourth-order valence-corrected chi connectivity index (χ4v) is 3.94. The topological polar surface area (TPSA) is 119 Å². The Morgan fingerprint density at radius 1 is 1.26 bits per heavy atom. The number of hydrogen-bond donors (Lipinski definition) is 1. The monoisotopic (exact) mass is 463 g/mol. The molecule has 1 aliphatic heterocycles. The number of carbonyl (C=O) groups excluding carboxylic acids is 3. The van der Waals surface area contributed by atoms with Gasteiger partial charge in [0, 0.05) is 36.5 Å². The smallest absolute Gasteiger partial charge is 0.308 e. The normalized spacial score (nSPS) is 14.2. The van der Waals surface area contributed by atoms with Gasteiger partial charge >= 0.3 is 5.97 Å². The first kappa shape index (κ1) is 22.6. The summed E-state index contributed by atoms with van der Waals surface area (Å²) in [5.74, 6) is -0.620. The van der Waals surface area contributed by atoms with E-state index in [0.717, 1.165) is 6.07 Å². The van der Waals surface area contributed by atoms with E-state index >= 15 is 0 Å². The Labute approximate surface area is 186 Å². The van der Waals surface area contributed by atoms with Gasteiger partial charge in [0.2, 0.25) is 6.10 Å². The molecule has 0 saturated carbocycles. The molecule has 0 bridgehead atoms. The second kappa shape index (κ2) is 10.3. The Morgan fingerprint density at radius 3 is 2.61 bits per heavy atom. The van der Waals surface area contributed by atoms with Crippen LogP contribution in [0.25, 0.3) is 0 Å². The van der Waals surface area contributed by atoms with Crippen molar-refractivity contribution in [3.63, 3.8) is 0 Å². The molecule has 9 nitrogen and oxygen atoms in total. The zero-order valence-electron chi connectivity index (χ0n) is 16.2. The number of ether oxygens (including phenoxy) is 1. The molecule has 0 aromatic heterocycles. The molecule has 1 atom stereocenters. The molecule has 0 radical (unpaired) electrons. The predicted octanol–water partition coefficient (Wildman–Crippen LogP) is 4.03. The van der Waals surface area contributed by atoms with Crippen molar-refractivity contribution < 1.29 is 24.0 Å². The lowest BCUT2D eigenvalue weighted by Crippen LogP contribution is -2.29. The van der Waals surface area contributed by atoms with Crippen molar-refractivity contribution in [2.45, 2.75) is 12.5 Å². The van der Waals surface area contributed by atoms with Crippen LogP contribution in [0.2, 0.25) is 5.02 Å². The van der Waals surface area contributed by atoms with E-state index in [9.17, 15) is 24.5 Å². The Balaban J connectivity index is 1.71. The van der Waals surface area contributed by atoms with Gasteiger partial charge in [-0.1, -0.05) is 53.7 Å². The third-order valence-corrected chi connectivity index (χ3v) is 5.65. The minimum absolute atomic E-state index is 0.0225. The number of rotatable bonds is 8. The highest BCUT2D eigenvalue weighted by Gasteiger charge is 2.27. The lowest BCUT2D eigenvalue weighted by molar-refractivity contribution is -0.384. The van der Waals surface area contributed by atoms with E-state index in [2.05, 4.69) is 5.32 Å². The fourth-order valence-electron chi connectivity index (χ4n) is 2.86. The first-order valence-corrected chi connectivity index (χ1v) is 10.6. The molecule has 1 fully saturated rings. The minimum Gasteiger partial charge on any atom is -0.447 e. The average Bonchev–Trinajstić information content (AvgIpc) is 3.17. The van der Waals surface area contributed by atoms with Gasteiger partial charge in [-0.05, 0) is 6.07 Å². The largest absolute Gasteiger partial charge is 0.447 e. The highest BCUT2D eigenvalue weighted by atomic mass is 35.5. The van der Waals surface area contributed by atoms with Crippen LogP contribution >= 0.6 is 23.4 Å². The van der Waals surface area contributed by atoms with Crippen molar-refractivity contribution in [2.75, 3.05) is 24.2 Å². The van der Waals surface area contributed by atoms with Crippen molar-refractivity contribution in [3.8, 4) is 0 Å². The summed E-state index contributed by atoms with van der Waals surface area (Å²) in [4.78, 5) is 48.7. The van der Waals surface area contributed by atoms with Crippen molar-refractivity contribution in [1.29, 1.82) is 0 Å². The van der Waals surface area contributed by atoms with E-state index in [1.165, 1.54) is 23.9 Å². The van der Waals surface area contributed by atoms with Gasteiger partial charge in [-0.15, -0.1) is 0 Å². The molecule has 162 valence electrons. The van der Waals surface area contributed by atoms with Gasteiger partial charge in [0.1, 0.15) is 0 Å². The molecular formula is C20H18ClN3O6S. The van der Waals surface area contributed by atoms with Gasteiger partial charge in [0.25, 0.3) is 16.8 Å². The summed E-state index contributed by atoms with van der Waals surface area (Å²) < 4.78 is 5.42. The highest BCUT2D eigenvalue weighted by molar-refractivity contribution is 8.13. The summed E-state index contributed by atoms with van der Waals surface area (Å²) in [7, 11) is 0. The standard InChI is InChI=1S/C20H18ClN3O6S/c21-15-12-14(24(28)29)6-7-16(15)22-19(26)18(13-4-2-1-3-5-13)30-17(25)8-9-23-10-11-31-20(23)27/h1-7,12,18H,8-11H2,(H,22,26). The number of nitro groups is 1. The van der Waals surface area contributed by atoms with Crippen LogP contribution in [0.3, 0.4) is 0 Å². The molecule has 2 amide bonds. The van der Waals surface area contributed by atoms with Gasteiger partial charge in [0.15, 0.2) is 0 Å². The summed E-state index contributed by atoms with van der Waals surface area (Å²) in [6.07, 6.45) is -1.31. The van der Waals surface area contributed by atoms with E-state index < -0.39 is 22.9 Å². The number of nitrogens with one attached hydrogen (secondary N) is 1. The molecule has 1 saturated heterocycles. The van der Waals surface area contributed by atoms with Crippen LogP contribution in [0, 0.1) is 10.1 Å². The molecule has 1 heterocycles. The van der Waals surface area contributed by atoms with Crippen LogP contribution in [0.15, 0.2) is 48.5 Å². The molecule has 3 rings (SSSR count). The average molecular weight is 464 g/mol. The minimum atomic E-state index is -1.26. The van der Waals surface area contributed by atoms with Crippen molar-refractivity contribution >= 4 is 51.9 Å². The van der Waals surface area contributed by atoms with E-state index in [1.807, 2.05) is 0 Å². The number of non-ortho nitro benzene ring substituents is 1. The number of hydrogen-bond acceptors (Lipinski definition) is 7. The van der Waals surface area contributed by atoms with Gasteiger partial charge in [-0.25, -0.2) is 0 Å². The Bertz CT molecular complexity index is 1000. The van der Waals surface area contributed by atoms with E-state index in [0.29, 0.717) is 17.9 Å². The Morgan fingerprint density at radius 2 is 2.00 bits per heavy atom. The number of nitro benzene ring substituents is 1. The van der Waals surface area contributed by atoms with Crippen molar-refractivity contribution in [2.24, 2.45) is 0 Å². The number of esters is 1. The molecule has 31 heavy (non-hydrogen) atoms. The second-order valence-corrected chi connectivity index (χ2v) is 8.00. The maximum Gasteiger partial charge on any atom is 0.308 e. The van der Waals surface area contributed by atoms with Crippen molar-refractivity contribution in [3.05, 3.63) is 69.2 Å². The first-order chi connectivity index (χ1) is 14.8. The molecule has 1 aliphatic rings. The summed E-state index contributed by atoms with van der Waals surface area (Å²) in [6.45, 7) is 0.778. The number of thioether (sulfide) groups is 1. The summed E-state index contributed by atoms with van der Waals surface area (Å²) in [5.41, 5.74) is 0.372. The molecule has 0 spiro atoms. The molecule has 11 heteroatoms. The van der Waals surface area contributed by atoms with Crippen molar-refractivity contribution in [1.82, 2.24) is 4.90 Å². The predicted molar refractivity (Wildman–Crippen MR) is 116 cm³/mol. The fraction of sp³-hybridized carbons (Fsp3) is 0.250. The van der Waals surface area contributed by atoms with Crippen LogP contribution in [0.4, 0.5) is 16.2 Å². The molecule has 1 N–H and O–H groups in total. The van der Waals surface area contributed by atoms with E-state index in [4.69, 9.17) is 16.3 Å².